The van der Waals surface area contributed by atoms with Crippen LogP contribution >= 0.6 is 0 Å². The molecule has 0 unspecified atom stereocenters. The van der Waals surface area contributed by atoms with Gasteiger partial charge in [-0.25, -0.2) is 4.79 Å². The van der Waals surface area contributed by atoms with Gasteiger partial charge in [0, 0.05) is 0 Å². The Morgan fingerprint density at radius 3 is 2.50 bits per heavy atom. The summed E-state index contributed by atoms with van der Waals surface area (Å²) in [4.78, 5) is 10.3. The molecule has 0 aliphatic heterocycles. The van der Waals surface area contributed by atoms with Gasteiger partial charge in [0.15, 0.2) is 5.79 Å². The standard InChI is InChI=1S/C7H8O5/c8-5-3-7(11,12)2-1-4(5)6(9)10/h1-2,8,11-12H,3H2,(H,9,10). The predicted octanol–water partition coefficient (Wildman–Crippen LogP) is -0.476. The van der Waals surface area contributed by atoms with Crippen LogP contribution in [0.2, 0.25) is 0 Å². The molecule has 1 aliphatic rings. The number of carbonyl (C=O) groups is 1. The minimum atomic E-state index is -2.14. The van der Waals surface area contributed by atoms with E-state index >= 15 is 0 Å². The second-order valence-electron chi connectivity index (χ2n) is 2.55. The molecule has 5 nitrogen and oxygen atoms in total. The van der Waals surface area contributed by atoms with Crippen molar-refractivity contribution in [3.63, 3.8) is 0 Å². The summed E-state index contributed by atoms with van der Waals surface area (Å²) in [6.45, 7) is 0. The van der Waals surface area contributed by atoms with Crippen LogP contribution in [0.5, 0.6) is 0 Å². The van der Waals surface area contributed by atoms with Crippen molar-refractivity contribution in [2.75, 3.05) is 0 Å². The maximum Gasteiger partial charge on any atom is 0.339 e. The minimum absolute atomic E-state index is 0.311. The molecule has 5 heteroatoms. The van der Waals surface area contributed by atoms with Crippen LogP contribution in [0.15, 0.2) is 23.5 Å². The molecule has 0 aromatic rings. The van der Waals surface area contributed by atoms with Gasteiger partial charge >= 0.3 is 5.97 Å². The number of aliphatic hydroxyl groups is 3. The number of rotatable bonds is 1. The van der Waals surface area contributed by atoms with Crippen LogP contribution in [0.25, 0.3) is 0 Å². The number of hydrogen-bond acceptors (Lipinski definition) is 4. The monoisotopic (exact) mass is 172 g/mol. The quantitative estimate of drug-likeness (QED) is 0.400. The second-order valence-corrected chi connectivity index (χ2v) is 2.55. The molecule has 0 atom stereocenters. The molecule has 0 aromatic carbocycles. The van der Waals surface area contributed by atoms with Crippen LogP contribution in [-0.2, 0) is 4.79 Å². The van der Waals surface area contributed by atoms with Crippen LogP contribution in [-0.4, -0.2) is 32.2 Å². The van der Waals surface area contributed by atoms with Gasteiger partial charge in [-0.2, -0.15) is 0 Å². The Balaban J connectivity index is 2.95. The number of hydrogen-bond donors (Lipinski definition) is 4. The molecule has 0 bridgehead atoms. The predicted molar refractivity (Wildman–Crippen MR) is 38.2 cm³/mol. The van der Waals surface area contributed by atoms with Gasteiger partial charge in [-0.1, -0.05) is 0 Å². The van der Waals surface area contributed by atoms with E-state index in [0.717, 1.165) is 12.2 Å². The number of carboxylic acid groups (broad SMARTS) is 1. The van der Waals surface area contributed by atoms with E-state index in [1.807, 2.05) is 0 Å². The molecule has 0 spiro atoms. The summed E-state index contributed by atoms with van der Waals surface area (Å²) in [6.07, 6.45) is 1.38. The molecule has 0 aromatic heterocycles. The molecular weight excluding hydrogens is 164 g/mol. The van der Waals surface area contributed by atoms with Crippen LogP contribution in [0, 0.1) is 0 Å². The van der Waals surface area contributed by atoms with Gasteiger partial charge in [0.2, 0.25) is 0 Å². The van der Waals surface area contributed by atoms with Crippen molar-refractivity contribution in [2.24, 2.45) is 0 Å². The molecule has 4 N–H and O–H groups in total. The van der Waals surface area contributed by atoms with Gasteiger partial charge in [-0.05, 0) is 12.2 Å². The van der Waals surface area contributed by atoms with Crippen molar-refractivity contribution in [3.8, 4) is 0 Å². The lowest BCUT2D eigenvalue weighted by atomic mass is 10.0. The first-order valence-electron chi connectivity index (χ1n) is 3.22. The smallest absolute Gasteiger partial charge is 0.339 e. The summed E-state index contributed by atoms with van der Waals surface area (Å²) < 4.78 is 0. The van der Waals surface area contributed by atoms with Gasteiger partial charge in [0.05, 0.1) is 12.0 Å². The molecule has 66 valence electrons. The summed E-state index contributed by atoms with van der Waals surface area (Å²) >= 11 is 0. The molecule has 12 heavy (non-hydrogen) atoms. The highest BCUT2D eigenvalue weighted by atomic mass is 16.5. The Morgan fingerprint density at radius 2 is 2.08 bits per heavy atom. The molecular formula is C7H8O5. The first kappa shape index (κ1) is 8.76. The zero-order valence-corrected chi connectivity index (χ0v) is 6.06. The third kappa shape index (κ3) is 1.63. The SMILES string of the molecule is O=C(O)C1=C(O)CC(O)(O)C=C1. The van der Waals surface area contributed by atoms with Crippen molar-refractivity contribution >= 4 is 5.97 Å². The first-order valence-corrected chi connectivity index (χ1v) is 3.22. The van der Waals surface area contributed by atoms with Crippen molar-refractivity contribution in [3.05, 3.63) is 23.5 Å². The molecule has 0 saturated heterocycles. The highest BCUT2D eigenvalue weighted by Gasteiger charge is 2.28. The Morgan fingerprint density at radius 1 is 1.50 bits per heavy atom. The lowest BCUT2D eigenvalue weighted by Crippen LogP contribution is -2.29. The lowest BCUT2D eigenvalue weighted by molar-refractivity contribution is -0.134. The maximum atomic E-state index is 10.3. The van der Waals surface area contributed by atoms with E-state index < -0.39 is 23.9 Å². The molecule has 0 heterocycles. The summed E-state index contributed by atoms with van der Waals surface area (Å²) in [5, 5.41) is 35.3. The van der Waals surface area contributed by atoms with E-state index in [1.165, 1.54) is 0 Å². The number of aliphatic carboxylic acids is 1. The zero-order valence-electron chi connectivity index (χ0n) is 6.06. The van der Waals surface area contributed by atoms with E-state index in [9.17, 15) is 4.79 Å². The Kier molecular flexibility index (Phi) is 1.91. The van der Waals surface area contributed by atoms with Crippen molar-refractivity contribution in [1.82, 2.24) is 0 Å². The molecule has 0 fully saturated rings. The fraction of sp³-hybridized carbons (Fsp3) is 0.286. The fourth-order valence-electron chi connectivity index (χ4n) is 0.908. The van der Waals surface area contributed by atoms with E-state index in [2.05, 4.69) is 0 Å². The number of carboxylic acids is 1. The Hall–Kier alpha value is -1.33. The van der Waals surface area contributed by atoms with Crippen LogP contribution in [0.4, 0.5) is 0 Å². The van der Waals surface area contributed by atoms with Crippen LogP contribution in [0.3, 0.4) is 0 Å². The van der Waals surface area contributed by atoms with Gasteiger partial charge in [0.25, 0.3) is 0 Å². The molecule has 0 amide bonds. The molecule has 0 radical (unpaired) electrons. The summed E-state index contributed by atoms with van der Waals surface area (Å²) in [5.41, 5.74) is -0.311. The fourth-order valence-corrected chi connectivity index (χ4v) is 0.908. The van der Waals surface area contributed by atoms with Gasteiger partial charge < -0.3 is 20.4 Å². The van der Waals surface area contributed by atoms with Gasteiger partial charge in [-0.15, -0.1) is 0 Å². The summed E-state index contributed by atoms with van der Waals surface area (Å²) in [7, 11) is 0. The maximum absolute atomic E-state index is 10.3. The van der Waals surface area contributed by atoms with Crippen molar-refractivity contribution in [2.45, 2.75) is 12.2 Å². The van der Waals surface area contributed by atoms with Crippen LogP contribution in [0.1, 0.15) is 6.42 Å². The van der Waals surface area contributed by atoms with Gasteiger partial charge in [-0.3, -0.25) is 0 Å². The molecule has 1 rings (SSSR count). The largest absolute Gasteiger partial charge is 0.511 e. The minimum Gasteiger partial charge on any atom is -0.511 e. The average molecular weight is 172 g/mol. The Labute approximate surface area is 67.9 Å². The van der Waals surface area contributed by atoms with Gasteiger partial charge in [0.1, 0.15) is 5.76 Å². The van der Waals surface area contributed by atoms with E-state index in [4.69, 9.17) is 20.4 Å². The summed E-state index contributed by atoms with van der Waals surface area (Å²) in [5.74, 6) is -3.96. The Bertz CT molecular complexity index is 274. The highest BCUT2D eigenvalue weighted by molar-refractivity contribution is 5.90. The third-order valence-corrected chi connectivity index (χ3v) is 1.49. The average Bonchev–Trinajstić information content (AvgIpc) is 1.83. The normalized spacial score (nSPS) is 21.2. The lowest BCUT2D eigenvalue weighted by Gasteiger charge is -2.20. The van der Waals surface area contributed by atoms with Crippen molar-refractivity contribution in [1.29, 1.82) is 0 Å². The zero-order chi connectivity index (χ0) is 9.35. The first-order chi connectivity index (χ1) is 5.42. The molecule has 0 saturated carbocycles. The molecule has 1 aliphatic carbocycles. The summed E-state index contributed by atoms with van der Waals surface area (Å²) in [6, 6.07) is 0. The van der Waals surface area contributed by atoms with E-state index in [0.29, 0.717) is 0 Å². The van der Waals surface area contributed by atoms with Crippen LogP contribution < -0.4 is 0 Å². The van der Waals surface area contributed by atoms with E-state index in [-0.39, 0.29) is 5.57 Å². The second kappa shape index (κ2) is 2.62. The van der Waals surface area contributed by atoms with Crippen molar-refractivity contribution < 1.29 is 25.2 Å². The highest BCUT2D eigenvalue weighted by Crippen LogP contribution is 2.23. The topological polar surface area (TPSA) is 98.0 Å². The number of aliphatic hydroxyl groups excluding tert-OH is 1. The van der Waals surface area contributed by atoms with E-state index in [1.54, 1.807) is 0 Å². The third-order valence-electron chi connectivity index (χ3n) is 1.49.